The fourth-order valence-corrected chi connectivity index (χ4v) is 3.44. The minimum absolute atomic E-state index is 0.0767. The second kappa shape index (κ2) is 11.9. The van der Waals surface area contributed by atoms with Crippen molar-refractivity contribution >= 4 is 23.8 Å². The highest BCUT2D eigenvalue weighted by Crippen LogP contribution is 2.33. The lowest BCUT2D eigenvalue weighted by molar-refractivity contribution is -0.150. The van der Waals surface area contributed by atoms with Crippen LogP contribution in [-0.4, -0.2) is 57.0 Å². The first-order valence-electron chi connectivity index (χ1n) is 11.7. The van der Waals surface area contributed by atoms with Crippen LogP contribution in [0.25, 0.3) is 0 Å². The normalized spacial score (nSPS) is 13.5. The Morgan fingerprint density at radius 3 is 2.14 bits per heavy atom. The minimum Gasteiger partial charge on any atom is -0.508 e. The molecule has 0 saturated heterocycles. The second-order valence-corrected chi connectivity index (χ2v) is 10.4. The van der Waals surface area contributed by atoms with Crippen molar-refractivity contribution < 1.29 is 29.0 Å². The molecule has 10 heteroatoms. The first-order valence-corrected chi connectivity index (χ1v) is 11.7. The van der Waals surface area contributed by atoms with Crippen LogP contribution in [-0.2, 0) is 19.1 Å². The van der Waals surface area contributed by atoms with E-state index in [4.69, 9.17) is 10.5 Å². The zero-order chi connectivity index (χ0) is 27.1. The van der Waals surface area contributed by atoms with E-state index in [0.717, 1.165) is 0 Å². The summed E-state index contributed by atoms with van der Waals surface area (Å²) in [7, 11) is 0. The number of phenolic OH excluding ortho intramolecular Hbond substituents is 1. The molecule has 0 bridgehead atoms. The maximum Gasteiger partial charge on any atom is 0.408 e. The van der Waals surface area contributed by atoms with E-state index in [1.54, 1.807) is 60.6 Å². The Morgan fingerprint density at radius 1 is 1.09 bits per heavy atom. The van der Waals surface area contributed by atoms with E-state index in [0.29, 0.717) is 12.0 Å². The fourth-order valence-electron chi connectivity index (χ4n) is 3.44. The van der Waals surface area contributed by atoms with Crippen LogP contribution in [0.1, 0.15) is 79.8 Å². The number of primary amides is 1. The van der Waals surface area contributed by atoms with Crippen LogP contribution >= 0.6 is 0 Å². The summed E-state index contributed by atoms with van der Waals surface area (Å²) < 4.78 is 5.27. The van der Waals surface area contributed by atoms with E-state index in [1.165, 1.54) is 17.0 Å². The Bertz CT molecular complexity index is 923. The van der Waals surface area contributed by atoms with Crippen molar-refractivity contribution in [2.75, 3.05) is 0 Å². The largest absolute Gasteiger partial charge is 0.508 e. The van der Waals surface area contributed by atoms with Gasteiger partial charge in [0.15, 0.2) is 0 Å². The Balaban J connectivity index is 3.64. The molecule has 0 heterocycles. The predicted molar refractivity (Wildman–Crippen MR) is 132 cm³/mol. The van der Waals surface area contributed by atoms with E-state index in [9.17, 15) is 24.3 Å². The Labute approximate surface area is 207 Å². The lowest BCUT2D eigenvalue weighted by atomic mass is 9.91. The number of hydrogen-bond acceptors (Lipinski definition) is 6. The molecular formula is C25H40N4O6. The summed E-state index contributed by atoms with van der Waals surface area (Å²) in [6, 6.07) is 3.29. The maximum atomic E-state index is 14.0. The number of carbonyl (C=O) groups is 4. The van der Waals surface area contributed by atoms with Crippen molar-refractivity contribution in [3.05, 3.63) is 29.8 Å². The van der Waals surface area contributed by atoms with Gasteiger partial charge in [-0.1, -0.05) is 19.1 Å². The number of rotatable bonds is 10. The van der Waals surface area contributed by atoms with Crippen molar-refractivity contribution in [1.29, 1.82) is 0 Å². The zero-order valence-electron chi connectivity index (χ0n) is 22.0. The SMILES string of the molecule is CCC(C)(C)N(C(=O)C(CC(N)=O)NC(=O)OC(C)(C)C)C(C(=O)NC(C)C)c1cccc(O)c1. The maximum absolute atomic E-state index is 14.0. The van der Waals surface area contributed by atoms with Gasteiger partial charge in [0, 0.05) is 11.6 Å². The van der Waals surface area contributed by atoms with Crippen LogP contribution in [0.4, 0.5) is 4.79 Å². The molecule has 1 aromatic carbocycles. The Hall–Kier alpha value is -3.30. The number of amides is 4. The molecule has 5 N–H and O–H groups in total. The molecule has 4 amide bonds. The molecule has 10 nitrogen and oxygen atoms in total. The van der Waals surface area contributed by atoms with Gasteiger partial charge in [-0.2, -0.15) is 0 Å². The van der Waals surface area contributed by atoms with Crippen molar-refractivity contribution in [3.8, 4) is 5.75 Å². The highest BCUT2D eigenvalue weighted by molar-refractivity contribution is 5.95. The molecule has 0 radical (unpaired) electrons. The number of aromatic hydroxyl groups is 1. The monoisotopic (exact) mass is 492 g/mol. The lowest BCUT2D eigenvalue weighted by Crippen LogP contribution is -2.60. The third-order valence-electron chi connectivity index (χ3n) is 5.27. The standard InChI is InChI=1S/C25H40N4O6/c1-9-25(7,8)29(20(21(32)27-15(2)3)16-11-10-12-17(30)13-16)22(33)18(14-19(26)31)28-23(34)35-24(4,5)6/h10-13,15,18,20,30H,9,14H2,1-8H3,(H2,26,31)(H,27,32)(H,28,34). The quantitative estimate of drug-likeness (QED) is 0.394. The topological polar surface area (TPSA) is 151 Å². The Kier molecular flexibility index (Phi) is 10.1. The Morgan fingerprint density at radius 2 is 1.69 bits per heavy atom. The van der Waals surface area contributed by atoms with Crippen molar-refractivity contribution in [2.24, 2.45) is 5.73 Å². The summed E-state index contributed by atoms with van der Waals surface area (Å²) in [6.07, 6.45) is -0.946. The molecule has 1 aromatic rings. The molecule has 0 aliphatic carbocycles. The van der Waals surface area contributed by atoms with E-state index in [1.807, 2.05) is 6.92 Å². The van der Waals surface area contributed by atoms with Gasteiger partial charge in [-0.05, 0) is 72.6 Å². The molecule has 35 heavy (non-hydrogen) atoms. The van der Waals surface area contributed by atoms with Gasteiger partial charge in [-0.15, -0.1) is 0 Å². The number of hydrogen-bond donors (Lipinski definition) is 4. The fraction of sp³-hybridized carbons (Fsp3) is 0.600. The van der Waals surface area contributed by atoms with Crippen molar-refractivity contribution in [3.63, 3.8) is 0 Å². The average Bonchev–Trinajstić information content (AvgIpc) is 2.68. The number of benzene rings is 1. The van der Waals surface area contributed by atoms with Gasteiger partial charge in [0.2, 0.25) is 17.7 Å². The second-order valence-electron chi connectivity index (χ2n) is 10.4. The van der Waals surface area contributed by atoms with Crippen LogP contribution in [0.15, 0.2) is 24.3 Å². The predicted octanol–water partition coefficient (Wildman–Crippen LogP) is 2.74. The first-order chi connectivity index (χ1) is 16.0. The molecule has 0 aromatic heterocycles. The number of nitrogens with zero attached hydrogens (tertiary/aromatic N) is 1. The number of alkyl carbamates (subject to hydrolysis) is 1. The molecule has 0 aliphatic rings. The summed E-state index contributed by atoms with van der Waals surface area (Å²) in [4.78, 5) is 53.1. The molecule has 1 rings (SSSR count). The van der Waals surface area contributed by atoms with Crippen molar-refractivity contribution in [1.82, 2.24) is 15.5 Å². The molecule has 2 atom stereocenters. The summed E-state index contributed by atoms with van der Waals surface area (Å²) in [5.74, 6) is -2.05. The van der Waals surface area contributed by atoms with Gasteiger partial charge in [-0.3, -0.25) is 14.4 Å². The summed E-state index contributed by atoms with van der Waals surface area (Å²) in [5.41, 5.74) is 4.03. The zero-order valence-corrected chi connectivity index (χ0v) is 22.0. The smallest absolute Gasteiger partial charge is 0.408 e. The minimum atomic E-state index is -1.38. The molecule has 0 aliphatic heterocycles. The highest BCUT2D eigenvalue weighted by atomic mass is 16.6. The highest BCUT2D eigenvalue weighted by Gasteiger charge is 2.43. The average molecular weight is 493 g/mol. The van der Waals surface area contributed by atoms with Gasteiger partial charge < -0.3 is 31.1 Å². The summed E-state index contributed by atoms with van der Waals surface area (Å²) in [5, 5.41) is 15.4. The van der Waals surface area contributed by atoms with E-state index >= 15 is 0 Å². The van der Waals surface area contributed by atoms with Crippen molar-refractivity contribution in [2.45, 2.75) is 97.5 Å². The number of nitrogens with one attached hydrogen (secondary N) is 2. The summed E-state index contributed by atoms with van der Waals surface area (Å²) >= 11 is 0. The third kappa shape index (κ3) is 9.11. The lowest BCUT2D eigenvalue weighted by Gasteiger charge is -2.44. The molecule has 0 spiro atoms. The summed E-state index contributed by atoms with van der Waals surface area (Å²) in [6.45, 7) is 14.0. The van der Waals surface area contributed by atoms with E-state index < -0.39 is 53.5 Å². The van der Waals surface area contributed by atoms with Gasteiger partial charge >= 0.3 is 6.09 Å². The van der Waals surface area contributed by atoms with E-state index in [-0.39, 0.29) is 11.8 Å². The number of carbonyl (C=O) groups excluding carboxylic acids is 4. The number of phenols is 1. The van der Waals surface area contributed by atoms with Crippen LogP contribution in [0.5, 0.6) is 5.75 Å². The van der Waals surface area contributed by atoms with Crippen LogP contribution in [0.3, 0.4) is 0 Å². The molecular weight excluding hydrogens is 452 g/mol. The molecule has 2 unspecified atom stereocenters. The molecule has 0 fully saturated rings. The van der Waals surface area contributed by atoms with Gasteiger partial charge in [0.05, 0.1) is 6.42 Å². The van der Waals surface area contributed by atoms with Gasteiger partial charge in [-0.25, -0.2) is 4.79 Å². The van der Waals surface area contributed by atoms with Crippen LogP contribution in [0, 0.1) is 0 Å². The first kappa shape index (κ1) is 29.7. The molecule has 0 saturated carbocycles. The van der Waals surface area contributed by atoms with Crippen LogP contribution < -0.4 is 16.4 Å². The van der Waals surface area contributed by atoms with Gasteiger partial charge in [0.1, 0.15) is 23.4 Å². The van der Waals surface area contributed by atoms with Gasteiger partial charge in [0.25, 0.3) is 0 Å². The molecule has 196 valence electrons. The van der Waals surface area contributed by atoms with E-state index in [2.05, 4.69) is 10.6 Å². The number of nitrogens with two attached hydrogens (primary N) is 1. The third-order valence-corrected chi connectivity index (χ3v) is 5.27. The number of ether oxygens (including phenoxy) is 1. The van der Waals surface area contributed by atoms with Crippen LogP contribution in [0.2, 0.25) is 0 Å².